The molecule has 1 unspecified atom stereocenters. The van der Waals surface area contributed by atoms with Crippen LogP contribution >= 0.6 is 11.6 Å². The number of ether oxygens (including phenoxy) is 2. The molecule has 3 rings (SSSR count). The van der Waals surface area contributed by atoms with Gasteiger partial charge in [0.2, 0.25) is 0 Å². The molecule has 0 saturated heterocycles. The molecule has 0 amide bonds. The molecule has 106 valence electrons. The molecule has 6 heteroatoms. The average Bonchev–Trinajstić information content (AvgIpc) is 2.78. The maximum absolute atomic E-state index is 10.3. The second-order valence-corrected chi connectivity index (χ2v) is 5.09. The molecule has 5 nitrogen and oxygen atoms in total. The number of aromatic nitrogens is 2. The summed E-state index contributed by atoms with van der Waals surface area (Å²) >= 11 is 5.95. The standard InChI is InChI=1S/C14H15ClN2O3/c1-9-11(15)7-16-17(9)8-12(18)10-2-3-13-14(6-10)20-5-4-19-13/h2-3,6-7,12,18H,4-5,8H2,1H3. The van der Waals surface area contributed by atoms with Gasteiger partial charge >= 0.3 is 0 Å². The van der Waals surface area contributed by atoms with Crippen molar-refractivity contribution in [1.29, 1.82) is 0 Å². The van der Waals surface area contributed by atoms with E-state index in [1.807, 2.05) is 19.1 Å². The van der Waals surface area contributed by atoms with Crippen LogP contribution in [0.2, 0.25) is 5.02 Å². The van der Waals surface area contributed by atoms with E-state index < -0.39 is 6.10 Å². The van der Waals surface area contributed by atoms with Crippen molar-refractivity contribution in [1.82, 2.24) is 9.78 Å². The van der Waals surface area contributed by atoms with E-state index in [2.05, 4.69) is 5.10 Å². The van der Waals surface area contributed by atoms with Gasteiger partial charge in [-0.05, 0) is 24.6 Å². The molecule has 0 spiro atoms. The first-order valence-electron chi connectivity index (χ1n) is 6.40. The van der Waals surface area contributed by atoms with E-state index in [0.717, 1.165) is 11.3 Å². The lowest BCUT2D eigenvalue weighted by atomic mass is 10.1. The molecular weight excluding hydrogens is 280 g/mol. The summed E-state index contributed by atoms with van der Waals surface area (Å²) in [5.74, 6) is 1.38. The molecule has 0 fully saturated rings. The van der Waals surface area contributed by atoms with Gasteiger partial charge in [0.05, 0.1) is 29.6 Å². The highest BCUT2D eigenvalue weighted by atomic mass is 35.5. The number of benzene rings is 1. The highest BCUT2D eigenvalue weighted by Gasteiger charge is 2.17. The maximum Gasteiger partial charge on any atom is 0.161 e. The van der Waals surface area contributed by atoms with Crippen molar-refractivity contribution in [2.75, 3.05) is 13.2 Å². The van der Waals surface area contributed by atoms with Gasteiger partial charge in [-0.1, -0.05) is 17.7 Å². The second-order valence-electron chi connectivity index (χ2n) is 4.68. The number of aliphatic hydroxyl groups is 1. The third-order valence-electron chi connectivity index (χ3n) is 3.34. The quantitative estimate of drug-likeness (QED) is 0.944. The van der Waals surface area contributed by atoms with Gasteiger partial charge in [0.15, 0.2) is 11.5 Å². The van der Waals surface area contributed by atoms with Crippen molar-refractivity contribution >= 4 is 11.6 Å². The van der Waals surface area contributed by atoms with Crippen LogP contribution in [0.3, 0.4) is 0 Å². The molecule has 1 aromatic carbocycles. The summed E-state index contributed by atoms with van der Waals surface area (Å²) in [7, 11) is 0. The maximum atomic E-state index is 10.3. The normalized spacial score (nSPS) is 15.2. The highest BCUT2D eigenvalue weighted by molar-refractivity contribution is 6.31. The third-order valence-corrected chi connectivity index (χ3v) is 3.71. The number of halogens is 1. The lowest BCUT2D eigenvalue weighted by Crippen LogP contribution is -2.16. The lowest BCUT2D eigenvalue weighted by molar-refractivity contribution is 0.147. The Labute approximate surface area is 121 Å². The Morgan fingerprint density at radius 2 is 2.10 bits per heavy atom. The van der Waals surface area contributed by atoms with Crippen LogP contribution in [0.4, 0.5) is 0 Å². The van der Waals surface area contributed by atoms with Crippen LogP contribution in [-0.4, -0.2) is 28.1 Å². The molecular formula is C14H15ClN2O3. The van der Waals surface area contributed by atoms with Crippen molar-refractivity contribution in [2.45, 2.75) is 19.6 Å². The fraction of sp³-hybridized carbons (Fsp3) is 0.357. The van der Waals surface area contributed by atoms with Crippen molar-refractivity contribution in [3.8, 4) is 11.5 Å². The van der Waals surface area contributed by atoms with Gasteiger partial charge in [-0.3, -0.25) is 4.68 Å². The van der Waals surface area contributed by atoms with Crippen molar-refractivity contribution in [3.05, 3.63) is 40.7 Å². The Morgan fingerprint density at radius 3 is 2.80 bits per heavy atom. The van der Waals surface area contributed by atoms with Crippen molar-refractivity contribution in [3.63, 3.8) is 0 Å². The molecule has 1 aliphatic rings. The highest BCUT2D eigenvalue weighted by Crippen LogP contribution is 2.33. The van der Waals surface area contributed by atoms with Crippen molar-refractivity contribution < 1.29 is 14.6 Å². The summed E-state index contributed by atoms with van der Waals surface area (Å²) < 4.78 is 12.7. The van der Waals surface area contributed by atoms with Crippen LogP contribution < -0.4 is 9.47 Å². The first-order valence-corrected chi connectivity index (χ1v) is 6.78. The van der Waals surface area contributed by atoms with Gasteiger partial charge < -0.3 is 14.6 Å². The van der Waals surface area contributed by atoms with Crippen LogP contribution in [0.25, 0.3) is 0 Å². The van der Waals surface area contributed by atoms with E-state index in [0.29, 0.717) is 36.3 Å². The van der Waals surface area contributed by atoms with Gasteiger partial charge in [-0.15, -0.1) is 0 Å². The summed E-state index contributed by atoms with van der Waals surface area (Å²) in [5.41, 5.74) is 1.60. The Bertz CT molecular complexity index is 627. The predicted molar refractivity (Wildman–Crippen MR) is 74.4 cm³/mol. The zero-order chi connectivity index (χ0) is 14.1. The van der Waals surface area contributed by atoms with E-state index in [9.17, 15) is 5.11 Å². The van der Waals surface area contributed by atoms with Crippen LogP contribution in [0.1, 0.15) is 17.4 Å². The van der Waals surface area contributed by atoms with Crippen LogP contribution in [0, 0.1) is 6.92 Å². The largest absolute Gasteiger partial charge is 0.486 e. The predicted octanol–water partition coefficient (Wildman–Crippen LogP) is 2.35. The molecule has 1 atom stereocenters. The second kappa shape index (κ2) is 5.34. The lowest BCUT2D eigenvalue weighted by Gasteiger charge is -2.20. The monoisotopic (exact) mass is 294 g/mol. The molecule has 2 heterocycles. The minimum atomic E-state index is -0.680. The Hall–Kier alpha value is -1.72. The minimum Gasteiger partial charge on any atom is -0.486 e. The number of aliphatic hydroxyl groups excluding tert-OH is 1. The van der Waals surface area contributed by atoms with Gasteiger partial charge in [0.1, 0.15) is 13.2 Å². The topological polar surface area (TPSA) is 56.5 Å². The molecule has 0 bridgehead atoms. The third kappa shape index (κ3) is 2.46. The number of fused-ring (bicyclic) bond motifs is 1. The Kier molecular flexibility index (Phi) is 3.54. The first kappa shape index (κ1) is 13.3. The molecule has 1 N–H and O–H groups in total. The molecule has 0 saturated carbocycles. The van der Waals surface area contributed by atoms with E-state index >= 15 is 0 Å². The first-order chi connectivity index (χ1) is 9.65. The molecule has 2 aromatic rings. The fourth-order valence-electron chi connectivity index (χ4n) is 2.14. The Morgan fingerprint density at radius 1 is 1.35 bits per heavy atom. The summed E-state index contributed by atoms with van der Waals surface area (Å²) in [4.78, 5) is 0. The zero-order valence-electron chi connectivity index (χ0n) is 11.0. The molecule has 20 heavy (non-hydrogen) atoms. The SMILES string of the molecule is Cc1c(Cl)cnn1CC(O)c1ccc2c(c1)OCCO2. The Balaban J connectivity index is 1.80. The van der Waals surface area contributed by atoms with Crippen LogP contribution in [-0.2, 0) is 6.54 Å². The number of hydrogen-bond donors (Lipinski definition) is 1. The number of rotatable bonds is 3. The number of nitrogens with zero attached hydrogens (tertiary/aromatic N) is 2. The van der Waals surface area contributed by atoms with Crippen molar-refractivity contribution in [2.24, 2.45) is 0 Å². The fourth-order valence-corrected chi connectivity index (χ4v) is 2.29. The van der Waals surface area contributed by atoms with Gasteiger partial charge in [-0.25, -0.2) is 0 Å². The summed E-state index contributed by atoms with van der Waals surface area (Å²) in [6.45, 7) is 3.30. The minimum absolute atomic E-state index is 0.345. The van der Waals surface area contributed by atoms with Gasteiger partial charge in [-0.2, -0.15) is 5.10 Å². The van der Waals surface area contributed by atoms with Gasteiger partial charge in [0, 0.05) is 0 Å². The smallest absolute Gasteiger partial charge is 0.161 e. The molecule has 1 aliphatic heterocycles. The van der Waals surface area contributed by atoms with E-state index in [-0.39, 0.29) is 0 Å². The van der Waals surface area contributed by atoms with E-state index in [1.165, 1.54) is 0 Å². The average molecular weight is 295 g/mol. The summed E-state index contributed by atoms with van der Waals surface area (Å²) in [6, 6.07) is 5.45. The van der Waals surface area contributed by atoms with E-state index in [1.54, 1.807) is 16.9 Å². The van der Waals surface area contributed by atoms with Crippen LogP contribution in [0.15, 0.2) is 24.4 Å². The van der Waals surface area contributed by atoms with E-state index in [4.69, 9.17) is 21.1 Å². The van der Waals surface area contributed by atoms with Gasteiger partial charge in [0.25, 0.3) is 0 Å². The summed E-state index contributed by atoms with van der Waals surface area (Å²) in [6.07, 6.45) is 0.897. The number of hydrogen-bond acceptors (Lipinski definition) is 4. The molecule has 0 radical (unpaired) electrons. The van der Waals surface area contributed by atoms with Crippen LogP contribution in [0.5, 0.6) is 11.5 Å². The summed E-state index contributed by atoms with van der Waals surface area (Å²) in [5, 5.41) is 15.0. The molecule has 0 aliphatic carbocycles. The molecule has 1 aromatic heterocycles. The zero-order valence-corrected chi connectivity index (χ0v) is 11.8.